The standard InChI is InChI=1S/C23H25ClN2O3/c1-28-21-10-8-17(13-22(21)29-2)19(12-16-6-4-3-5-7-16)25-15-20(27)18-9-11-23(24)26-14-18/h3-11,13-14,19-20,25,27H,12,15H2,1-2H3/t19?,20-/m0/s1. The van der Waals surface area contributed by atoms with Gasteiger partial charge in [0.05, 0.1) is 20.3 Å². The molecule has 2 atom stereocenters. The summed E-state index contributed by atoms with van der Waals surface area (Å²) in [6.45, 7) is 0.370. The predicted molar refractivity (Wildman–Crippen MR) is 115 cm³/mol. The van der Waals surface area contributed by atoms with Crippen LogP contribution in [0.5, 0.6) is 11.5 Å². The number of halogens is 1. The molecule has 1 heterocycles. The van der Waals surface area contributed by atoms with E-state index < -0.39 is 6.10 Å². The number of nitrogens with zero attached hydrogens (tertiary/aromatic N) is 1. The van der Waals surface area contributed by atoms with Crippen LogP contribution in [0.1, 0.15) is 28.8 Å². The Kier molecular flexibility index (Phi) is 7.47. The van der Waals surface area contributed by atoms with E-state index in [-0.39, 0.29) is 6.04 Å². The van der Waals surface area contributed by atoms with Crippen molar-refractivity contribution >= 4 is 11.6 Å². The zero-order valence-electron chi connectivity index (χ0n) is 16.5. The fraction of sp³-hybridized carbons (Fsp3) is 0.261. The predicted octanol–water partition coefficient (Wildman–Crippen LogP) is 4.36. The Bertz CT molecular complexity index is 904. The Morgan fingerprint density at radius 3 is 2.34 bits per heavy atom. The number of methoxy groups -OCH3 is 2. The summed E-state index contributed by atoms with van der Waals surface area (Å²) < 4.78 is 10.8. The van der Waals surface area contributed by atoms with Crippen LogP contribution in [0.3, 0.4) is 0 Å². The summed E-state index contributed by atoms with van der Waals surface area (Å²) in [5, 5.41) is 14.4. The van der Waals surface area contributed by atoms with Crippen LogP contribution < -0.4 is 14.8 Å². The minimum Gasteiger partial charge on any atom is -0.493 e. The number of aliphatic hydroxyl groups is 1. The third-order valence-corrected chi connectivity index (χ3v) is 5.01. The first-order valence-electron chi connectivity index (χ1n) is 9.39. The smallest absolute Gasteiger partial charge is 0.161 e. The van der Waals surface area contributed by atoms with E-state index in [0.717, 1.165) is 12.0 Å². The third kappa shape index (κ3) is 5.70. The molecule has 2 aromatic carbocycles. The van der Waals surface area contributed by atoms with Crippen LogP contribution in [-0.2, 0) is 6.42 Å². The first-order chi connectivity index (χ1) is 14.1. The molecule has 3 rings (SSSR count). The molecule has 0 aliphatic heterocycles. The van der Waals surface area contributed by atoms with Gasteiger partial charge in [0.15, 0.2) is 11.5 Å². The Hall–Kier alpha value is -2.60. The van der Waals surface area contributed by atoms with Crippen molar-refractivity contribution in [2.75, 3.05) is 20.8 Å². The fourth-order valence-electron chi connectivity index (χ4n) is 3.18. The van der Waals surface area contributed by atoms with Crippen molar-refractivity contribution in [3.8, 4) is 11.5 Å². The van der Waals surface area contributed by atoms with Crippen molar-refractivity contribution in [3.63, 3.8) is 0 Å². The van der Waals surface area contributed by atoms with Crippen LogP contribution in [0.15, 0.2) is 66.9 Å². The van der Waals surface area contributed by atoms with Crippen LogP contribution in [0.25, 0.3) is 0 Å². The van der Waals surface area contributed by atoms with Crippen LogP contribution in [0, 0.1) is 0 Å². The highest BCUT2D eigenvalue weighted by Gasteiger charge is 2.17. The van der Waals surface area contributed by atoms with E-state index in [4.69, 9.17) is 21.1 Å². The van der Waals surface area contributed by atoms with Gasteiger partial charge < -0.3 is 19.9 Å². The van der Waals surface area contributed by atoms with Crippen molar-refractivity contribution in [2.24, 2.45) is 0 Å². The van der Waals surface area contributed by atoms with E-state index in [9.17, 15) is 5.11 Å². The van der Waals surface area contributed by atoms with Crippen LogP contribution in [0.4, 0.5) is 0 Å². The monoisotopic (exact) mass is 412 g/mol. The summed E-state index contributed by atoms with van der Waals surface area (Å²) in [4.78, 5) is 4.04. The second-order valence-corrected chi connectivity index (χ2v) is 7.08. The Balaban J connectivity index is 1.80. The van der Waals surface area contributed by atoms with Gasteiger partial charge in [-0.15, -0.1) is 0 Å². The van der Waals surface area contributed by atoms with Gasteiger partial charge in [0, 0.05) is 24.3 Å². The lowest BCUT2D eigenvalue weighted by Crippen LogP contribution is -2.28. The minimum absolute atomic E-state index is 0.0212. The first-order valence-corrected chi connectivity index (χ1v) is 9.77. The van der Waals surface area contributed by atoms with Crippen molar-refractivity contribution in [3.05, 3.63) is 88.7 Å². The Labute approximate surface area is 176 Å². The van der Waals surface area contributed by atoms with Crippen molar-refractivity contribution in [2.45, 2.75) is 18.6 Å². The molecule has 0 saturated heterocycles. The first kappa shape index (κ1) is 21.1. The molecule has 0 fully saturated rings. The molecule has 1 unspecified atom stereocenters. The number of nitrogens with one attached hydrogen (secondary N) is 1. The average molecular weight is 413 g/mol. The summed E-state index contributed by atoms with van der Waals surface area (Å²) in [6, 6.07) is 19.5. The average Bonchev–Trinajstić information content (AvgIpc) is 2.77. The molecule has 1 aromatic heterocycles. The van der Waals surface area contributed by atoms with Gasteiger partial charge in [-0.3, -0.25) is 0 Å². The van der Waals surface area contributed by atoms with Gasteiger partial charge in [-0.1, -0.05) is 54.1 Å². The highest BCUT2D eigenvalue weighted by Crippen LogP contribution is 2.31. The van der Waals surface area contributed by atoms with Gasteiger partial charge in [0.25, 0.3) is 0 Å². The second kappa shape index (κ2) is 10.3. The SMILES string of the molecule is COc1ccc(C(Cc2ccccc2)NC[C@H](O)c2ccc(Cl)nc2)cc1OC. The molecule has 0 aliphatic carbocycles. The van der Waals surface area contributed by atoms with E-state index in [1.807, 2.05) is 36.4 Å². The van der Waals surface area contributed by atoms with Crippen molar-refractivity contribution < 1.29 is 14.6 Å². The number of aliphatic hydroxyl groups excluding tert-OH is 1. The molecule has 0 aliphatic rings. The fourth-order valence-corrected chi connectivity index (χ4v) is 3.30. The highest BCUT2D eigenvalue weighted by molar-refractivity contribution is 6.29. The number of hydrogen-bond donors (Lipinski definition) is 2. The number of hydrogen-bond acceptors (Lipinski definition) is 5. The third-order valence-electron chi connectivity index (χ3n) is 4.79. The maximum atomic E-state index is 10.6. The van der Waals surface area contributed by atoms with Gasteiger partial charge in [0.2, 0.25) is 0 Å². The zero-order valence-corrected chi connectivity index (χ0v) is 17.3. The maximum Gasteiger partial charge on any atom is 0.161 e. The van der Waals surface area contributed by atoms with Gasteiger partial charge in [-0.2, -0.15) is 0 Å². The second-order valence-electron chi connectivity index (χ2n) is 6.70. The molecular weight excluding hydrogens is 388 g/mol. The maximum absolute atomic E-state index is 10.6. The van der Waals surface area contributed by atoms with Gasteiger partial charge >= 0.3 is 0 Å². The van der Waals surface area contributed by atoms with E-state index in [0.29, 0.717) is 28.8 Å². The number of ether oxygens (including phenoxy) is 2. The molecule has 6 heteroatoms. The molecule has 5 nitrogen and oxygen atoms in total. The van der Waals surface area contributed by atoms with Crippen LogP contribution >= 0.6 is 11.6 Å². The molecule has 29 heavy (non-hydrogen) atoms. The molecule has 2 N–H and O–H groups in total. The molecule has 3 aromatic rings. The number of aromatic nitrogens is 1. The largest absolute Gasteiger partial charge is 0.493 e. The van der Waals surface area contributed by atoms with Crippen molar-refractivity contribution in [1.82, 2.24) is 10.3 Å². The highest BCUT2D eigenvalue weighted by atomic mass is 35.5. The number of rotatable bonds is 9. The van der Waals surface area contributed by atoms with Crippen LogP contribution in [0.2, 0.25) is 5.15 Å². The minimum atomic E-state index is -0.696. The van der Waals surface area contributed by atoms with Crippen LogP contribution in [-0.4, -0.2) is 30.9 Å². The van der Waals surface area contributed by atoms with Crippen molar-refractivity contribution in [1.29, 1.82) is 0 Å². The van der Waals surface area contributed by atoms with E-state index >= 15 is 0 Å². The topological polar surface area (TPSA) is 63.6 Å². The lowest BCUT2D eigenvalue weighted by atomic mass is 9.98. The Morgan fingerprint density at radius 2 is 1.69 bits per heavy atom. The molecular formula is C23H25ClN2O3. The van der Waals surface area contributed by atoms with E-state index in [1.165, 1.54) is 5.56 Å². The molecule has 0 radical (unpaired) electrons. The molecule has 0 spiro atoms. The van der Waals surface area contributed by atoms with Gasteiger partial charge in [-0.05, 0) is 35.7 Å². The molecule has 0 bridgehead atoms. The van der Waals surface area contributed by atoms with Gasteiger partial charge in [0.1, 0.15) is 5.15 Å². The summed E-state index contributed by atoms with van der Waals surface area (Å²) >= 11 is 5.84. The lowest BCUT2D eigenvalue weighted by Gasteiger charge is -2.23. The molecule has 0 saturated carbocycles. The summed E-state index contributed by atoms with van der Waals surface area (Å²) in [6.07, 6.45) is 1.66. The summed E-state index contributed by atoms with van der Waals surface area (Å²) in [7, 11) is 3.24. The Morgan fingerprint density at radius 1 is 0.966 bits per heavy atom. The normalized spacial score (nSPS) is 13.0. The summed E-state index contributed by atoms with van der Waals surface area (Å²) in [5.74, 6) is 1.36. The summed E-state index contributed by atoms with van der Waals surface area (Å²) in [5.41, 5.74) is 2.96. The zero-order chi connectivity index (χ0) is 20.6. The quantitative estimate of drug-likeness (QED) is 0.511. The van der Waals surface area contributed by atoms with E-state index in [1.54, 1.807) is 32.5 Å². The number of benzene rings is 2. The number of pyridine rings is 1. The van der Waals surface area contributed by atoms with Gasteiger partial charge in [-0.25, -0.2) is 4.98 Å². The van der Waals surface area contributed by atoms with E-state index in [2.05, 4.69) is 22.4 Å². The molecule has 152 valence electrons. The molecule has 0 amide bonds. The lowest BCUT2D eigenvalue weighted by molar-refractivity contribution is 0.169.